The van der Waals surface area contributed by atoms with Gasteiger partial charge < -0.3 is 5.32 Å². The first-order valence-electron chi connectivity index (χ1n) is 8.49. The number of amides is 1. The zero-order valence-corrected chi connectivity index (χ0v) is 15.2. The van der Waals surface area contributed by atoms with Crippen molar-refractivity contribution >= 4 is 21.6 Å². The quantitative estimate of drug-likeness (QED) is 0.668. The molecule has 0 aliphatic carbocycles. The lowest BCUT2D eigenvalue weighted by molar-refractivity contribution is 0.102. The van der Waals surface area contributed by atoms with Gasteiger partial charge in [0.15, 0.2) is 0 Å². The Morgan fingerprint density at radius 1 is 0.920 bits per heavy atom. The Hall–Kier alpha value is -2.18. The van der Waals surface area contributed by atoms with Crippen molar-refractivity contribution < 1.29 is 13.2 Å². The molecule has 2 aromatic rings. The smallest absolute Gasteiger partial charge is 0.255 e. The zero-order chi connectivity index (χ0) is 18.1. The molecule has 0 aliphatic rings. The fourth-order valence-electron chi connectivity index (χ4n) is 2.35. The van der Waals surface area contributed by atoms with Crippen LogP contribution in [0.25, 0.3) is 0 Å². The second-order valence-corrected chi connectivity index (χ2v) is 7.57. The van der Waals surface area contributed by atoms with Crippen molar-refractivity contribution in [3.8, 4) is 0 Å². The molecule has 0 aromatic heterocycles. The molecular weight excluding hydrogens is 336 g/mol. The predicted molar refractivity (Wildman–Crippen MR) is 100 cm³/mol. The number of hydrogen-bond acceptors (Lipinski definition) is 3. The van der Waals surface area contributed by atoms with Crippen molar-refractivity contribution in [2.75, 3.05) is 11.9 Å². The van der Waals surface area contributed by atoms with Crippen molar-refractivity contribution in [2.45, 2.75) is 37.5 Å². The summed E-state index contributed by atoms with van der Waals surface area (Å²) in [5, 5.41) is 2.75. The van der Waals surface area contributed by atoms with Crippen molar-refractivity contribution in [3.63, 3.8) is 0 Å². The van der Waals surface area contributed by atoms with Crippen molar-refractivity contribution in [3.05, 3.63) is 60.2 Å². The number of sulfonamides is 1. The first-order chi connectivity index (χ1) is 12.0. The number of rotatable bonds is 9. The van der Waals surface area contributed by atoms with E-state index in [9.17, 15) is 13.2 Å². The molecule has 0 heterocycles. The molecule has 2 N–H and O–H groups in total. The van der Waals surface area contributed by atoms with Crippen LogP contribution in [-0.2, 0) is 10.0 Å². The van der Waals surface area contributed by atoms with E-state index in [0.717, 1.165) is 25.7 Å². The molecule has 0 atom stereocenters. The monoisotopic (exact) mass is 360 g/mol. The lowest BCUT2D eigenvalue weighted by atomic mass is 10.2. The number of carbonyl (C=O) groups excluding carboxylic acids is 1. The molecule has 0 aliphatic heterocycles. The van der Waals surface area contributed by atoms with Gasteiger partial charge in [0.05, 0.1) is 4.90 Å². The van der Waals surface area contributed by atoms with Gasteiger partial charge in [-0.25, -0.2) is 13.1 Å². The highest BCUT2D eigenvalue weighted by molar-refractivity contribution is 7.89. The Kier molecular flexibility index (Phi) is 7.16. The Labute approximate surface area is 149 Å². The van der Waals surface area contributed by atoms with E-state index in [-0.39, 0.29) is 10.8 Å². The fourth-order valence-corrected chi connectivity index (χ4v) is 3.43. The molecule has 0 saturated heterocycles. The third-order valence-electron chi connectivity index (χ3n) is 3.78. The van der Waals surface area contributed by atoms with Crippen LogP contribution in [0.4, 0.5) is 5.69 Å². The van der Waals surface area contributed by atoms with Gasteiger partial charge >= 0.3 is 0 Å². The van der Waals surface area contributed by atoms with Crippen LogP contribution in [0, 0.1) is 0 Å². The summed E-state index contributed by atoms with van der Waals surface area (Å²) >= 11 is 0. The Morgan fingerprint density at radius 2 is 1.60 bits per heavy atom. The zero-order valence-electron chi connectivity index (χ0n) is 14.4. The van der Waals surface area contributed by atoms with E-state index in [4.69, 9.17) is 0 Å². The Bertz CT molecular complexity index is 772. The molecule has 134 valence electrons. The molecule has 2 aromatic carbocycles. The van der Waals surface area contributed by atoms with E-state index in [1.807, 2.05) is 6.07 Å². The SMILES string of the molecule is CCCCCCNS(=O)(=O)c1ccc(NC(=O)c2ccccc2)cc1. The third-order valence-corrected chi connectivity index (χ3v) is 5.26. The maximum atomic E-state index is 12.2. The van der Waals surface area contributed by atoms with Gasteiger partial charge in [-0.3, -0.25) is 4.79 Å². The minimum atomic E-state index is -3.51. The molecule has 6 heteroatoms. The van der Waals surface area contributed by atoms with Crippen LogP contribution in [0.3, 0.4) is 0 Å². The summed E-state index contributed by atoms with van der Waals surface area (Å²) in [7, 11) is -3.51. The molecule has 0 saturated carbocycles. The topological polar surface area (TPSA) is 75.3 Å². The molecule has 5 nitrogen and oxygen atoms in total. The number of benzene rings is 2. The number of carbonyl (C=O) groups is 1. The van der Waals surface area contributed by atoms with Crippen LogP contribution in [0.15, 0.2) is 59.5 Å². The molecular formula is C19H24N2O3S. The van der Waals surface area contributed by atoms with E-state index < -0.39 is 10.0 Å². The summed E-state index contributed by atoms with van der Waals surface area (Å²) in [5.74, 6) is -0.231. The Balaban J connectivity index is 1.93. The minimum absolute atomic E-state index is 0.195. The van der Waals surface area contributed by atoms with E-state index in [1.54, 1.807) is 36.4 Å². The fraction of sp³-hybridized carbons (Fsp3) is 0.316. The van der Waals surface area contributed by atoms with Crippen molar-refractivity contribution in [1.29, 1.82) is 0 Å². The van der Waals surface area contributed by atoms with Gasteiger partial charge in [-0.05, 0) is 42.8 Å². The third kappa shape index (κ3) is 5.99. The van der Waals surface area contributed by atoms with Gasteiger partial charge in [0.2, 0.25) is 10.0 Å². The standard InChI is InChI=1S/C19H24N2O3S/c1-2-3-4-8-15-20-25(23,24)18-13-11-17(12-14-18)21-19(22)16-9-6-5-7-10-16/h5-7,9-14,20H,2-4,8,15H2,1H3,(H,21,22). The summed E-state index contributed by atoms with van der Waals surface area (Å²) in [4.78, 5) is 12.3. The van der Waals surface area contributed by atoms with Crippen LogP contribution < -0.4 is 10.0 Å². The lowest BCUT2D eigenvalue weighted by Crippen LogP contribution is -2.24. The molecule has 0 spiro atoms. The predicted octanol–water partition coefficient (Wildman–Crippen LogP) is 3.80. The first kappa shape index (κ1) is 19.1. The van der Waals surface area contributed by atoms with Crippen LogP contribution in [0.1, 0.15) is 43.0 Å². The minimum Gasteiger partial charge on any atom is -0.322 e. The van der Waals surface area contributed by atoms with Gasteiger partial charge in [0, 0.05) is 17.8 Å². The van der Waals surface area contributed by atoms with E-state index in [1.165, 1.54) is 12.1 Å². The molecule has 25 heavy (non-hydrogen) atoms. The van der Waals surface area contributed by atoms with Gasteiger partial charge in [0.25, 0.3) is 5.91 Å². The normalized spacial score (nSPS) is 11.2. The van der Waals surface area contributed by atoms with Crippen LogP contribution >= 0.6 is 0 Å². The van der Waals surface area contributed by atoms with Crippen LogP contribution in [0.5, 0.6) is 0 Å². The molecule has 0 bridgehead atoms. The Morgan fingerprint density at radius 3 is 2.24 bits per heavy atom. The van der Waals surface area contributed by atoms with Crippen LogP contribution in [-0.4, -0.2) is 20.9 Å². The molecule has 0 unspecified atom stereocenters. The van der Waals surface area contributed by atoms with E-state index in [0.29, 0.717) is 17.8 Å². The lowest BCUT2D eigenvalue weighted by Gasteiger charge is -2.09. The molecule has 2 rings (SSSR count). The first-order valence-corrected chi connectivity index (χ1v) is 9.97. The van der Waals surface area contributed by atoms with Crippen LogP contribution in [0.2, 0.25) is 0 Å². The number of unbranched alkanes of at least 4 members (excludes halogenated alkanes) is 3. The summed E-state index contributed by atoms with van der Waals surface area (Å²) in [6.07, 6.45) is 4.07. The van der Waals surface area contributed by atoms with Gasteiger partial charge in [0.1, 0.15) is 0 Å². The summed E-state index contributed by atoms with van der Waals surface area (Å²) in [5.41, 5.74) is 1.10. The summed E-state index contributed by atoms with van der Waals surface area (Å²) in [6.45, 7) is 2.55. The highest BCUT2D eigenvalue weighted by atomic mass is 32.2. The second-order valence-electron chi connectivity index (χ2n) is 5.80. The highest BCUT2D eigenvalue weighted by Crippen LogP contribution is 2.15. The van der Waals surface area contributed by atoms with E-state index >= 15 is 0 Å². The van der Waals surface area contributed by atoms with E-state index in [2.05, 4.69) is 17.0 Å². The van der Waals surface area contributed by atoms with Crippen molar-refractivity contribution in [2.24, 2.45) is 0 Å². The number of anilines is 1. The van der Waals surface area contributed by atoms with Gasteiger partial charge in [-0.15, -0.1) is 0 Å². The van der Waals surface area contributed by atoms with Gasteiger partial charge in [-0.2, -0.15) is 0 Å². The highest BCUT2D eigenvalue weighted by Gasteiger charge is 2.13. The largest absolute Gasteiger partial charge is 0.322 e. The molecule has 0 fully saturated rings. The maximum absolute atomic E-state index is 12.2. The summed E-state index contributed by atoms with van der Waals surface area (Å²) < 4.78 is 27.0. The number of hydrogen-bond donors (Lipinski definition) is 2. The average Bonchev–Trinajstić information content (AvgIpc) is 2.62. The average molecular weight is 360 g/mol. The number of nitrogens with one attached hydrogen (secondary N) is 2. The maximum Gasteiger partial charge on any atom is 0.255 e. The molecule has 1 amide bonds. The summed E-state index contributed by atoms with van der Waals surface area (Å²) in [6, 6.07) is 15.0. The second kappa shape index (κ2) is 9.34. The van der Waals surface area contributed by atoms with Crippen molar-refractivity contribution in [1.82, 2.24) is 4.72 Å². The van der Waals surface area contributed by atoms with Gasteiger partial charge in [-0.1, -0.05) is 44.4 Å². The molecule has 0 radical (unpaired) electrons.